The van der Waals surface area contributed by atoms with E-state index in [1.54, 1.807) is 14.2 Å². The number of aliphatic imine (C=N–C) groups is 1. The standard InChI is InChI=1S/C17H25N3O3/c1-17(2)14(11-7-8-23-15(11)17)20-16(18)19-12-9-10(21-3)5-6-13(12)22-4/h5-6,9,11,14-15H,7-8H2,1-4H3,(H3,18,19,20). The first-order chi connectivity index (χ1) is 11.0. The Morgan fingerprint density at radius 2 is 2.13 bits per heavy atom. The molecule has 1 aromatic carbocycles. The van der Waals surface area contributed by atoms with Crippen LogP contribution in [-0.2, 0) is 4.74 Å². The highest BCUT2D eigenvalue weighted by atomic mass is 16.5. The van der Waals surface area contributed by atoms with Crippen molar-refractivity contribution >= 4 is 11.6 Å². The first kappa shape index (κ1) is 15.9. The lowest BCUT2D eigenvalue weighted by Gasteiger charge is -2.52. The number of hydrogen-bond donors (Lipinski definition) is 2. The quantitative estimate of drug-likeness (QED) is 0.657. The maximum atomic E-state index is 6.14. The summed E-state index contributed by atoms with van der Waals surface area (Å²) in [5.74, 6) is 2.28. The molecule has 23 heavy (non-hydrogen) atoms. The first-order valence-electron chi connectivity index (χ1n) is 7.91. The average Bonchev–Trinajstić information content (AvgIpc) is 2.99. The van der Waals surface area contributed by atoms with E-state index in [0.717, 1.165) is 24.5 Å². The highest BCUT2D eigenvalue weighted by Gasteiger charge is 2.59. The van der Waals surface area contributed by atoms with Gasteiger partial charge in [0, 0.05) is 24.0 Å². The molecule has 6 nitrogen and oxygen atoms in total. The molecule has 0 aromatic heterocycles. The van der Waals surface area contributed by atoms with Gasteiger partial charge in [0.25, 0.3) is 0 Å². The highest BCUT2D eigenvalue weighted by molar-refractivity contribution is 5.94. The van der Waals surface area contributed by atoms with E-state index < -0.39 is 0 Å². The van der Waals surface area contributed by atoms with Gasteiger partial charge in [0.1, 0.15) is 11.5 Å². The van der Waals surface area contributed by atoms with Crippen LogP contribution in [0, 0.1) is 11.3 Å². The molecule has 126 valence electrons. The van der Waals surface area contributed by atoms with E-state index in [1.165, 1.54) is 0 Å². The van der Waals surface area contributed by atoms with E-state index in [1.807, 2.05) is 18.2 Å². The van der Waals surface area contributed by atoms with Crippen molar-refractivity contribution in [1.82, 2.24) is 0 Å². The van der Waals surface area contributed by atoms with Gasteiger partial charge in [-0.1, -0.05) is 13.8 Å². The summed E-state index contributed by atoms with van der Waals surface area (Å²) in [6, 6.07) is 5.70. The maximum Gasteiger partial charge on any atom is 0.193 e. The van der Waals surface area contributed by atoms with Gasteiger partial charge in [0.05, 0.1) is 32.1 Å². The average molecular weight is 319 g/mol. The number of benzene rings is 1. The van der Waals surface area contributed by atoms with Crippen molar-refractivity contribution in [2.24, 2.45) is 22.1 Å². The number of ether oxygens (including phenoxy) is 3. The lowest BCUT2D eigenvalue weighted by Crippen LogP contribution is -2.59. The van der Waals surface area contributed by atoms with Crippen LogP contribution >= 0.6 is 0 Å². The Labute approximate surface area is 137 Å². The van der Waals surface area contributed by atoms with Crippen molar-refractivity contribution in [3.63, 3.8) is 0 Å². The van der Waals surface area contributed by atoms with E-state index in [-0.39, 0.29) is 11.5 Å². The molecule has 0 radical (unpaired) electrons. The summed E-state index contributed by atoms with van der Waals surface area (Å²) < 4.78 is 16.4. The molecule has 0 bridgehead atoms. The molecule has 1 aromatic rings. The van der Waals surface area contributed by atoms with Crippen molar-refractivity contribution in [2.45, 2.75) is 32.4 Å². The van der Waals surface area contributed by atoms with Crippen LogP contribution in [0.4, 0.5) is 5.69 Å². The number of rotatable bonds is 4. The van der Waals surface area contributed by atoms with Gasteiger partial charge < -0.3 is 25.3 Å². The third kappa shape index (κ3) is 2.72. The van der Waals surface area contributed by atoms with Crippen LogP contribution in [-0.4, -0.2) is 38.9 Å². The summed E-state index contributed by atoms with van der Waals surface area (Å²) in [4.78, 5) is 4.71. The van der Waals surface area contributed by atoms with E-state index >= 15 is 0 Å². The summed E-state index contributed by atoms with van der Waals surface area (Å²) in [6.07, 6.45) is 1.35. The van der Waals surface area contributed by atoms with Crippen LogP contribution < -0.4 is 20.5 Å². The topological polar surface area (TPSA) is 78.1 Å². The molecule has 1 saturated carbocycles. The second-order valence-corrected chi connectivity index (χ2v) is 6.72. The molecule has 2 fully saturated rings. The molecular weight excluding hydrogens is 294 g/mol. The second kappa shape index (κ2) is 5.92. The number of nitrogens with zero attached hydrogens (tertiary/aromatic N) is 1. The molecule has 1 aliphatic carbocycles. The number of guanidine groups is 1. The third-order valence-corrected chi connectivity index (χ3v) is 4.99. The Balaban J connectivity index is 1.78. The molecule has 0 amide bonds. The van der Waals surface area contributed by atoms with Crippen LogP contribution in [0.5, 0.6) is 11.5 Å². The zero-order chi connectivity index (χ0) is 16.6. The minimum Gasteiger partial charge on any atom is -0.497 e. The van der Waals surface area contributed by atoms with Gasteiger partial charge >= 0.3 is 0 Å². The fourth-order valence-corrected chi connectivity index (χ4v) is 3.79. The molecule has 3 unspecified atom stereocenters. The maximum absolute atomic E-state index is 6.14. The minimum atomic E-state index is 0.0198. The van der Waals surface area contributed by atoms with Crippen molar-refractivity contribution < 1.29 is 14.2 Å². The number of nitrogens with one attached hydrogen (secondary N) is 1. The van der Waals surface area contributed by atoms with Gasteiger partial charge in [0.15, 0.2) is 5.96 Å². The monoisotopic (exact) mass is 319 g/mol. The predicted octanol–water partition coefficient (Wildman–Crippen LogP) is 2.24. The number of fused-ring (bicyclic) bond motifs is 1. The molecule has 0 spiro atoms. The van der Waals surface area contributed by atoms with Crippen LogP contribution in [0.2, 0.25) is 0 Å². The molecular formula is C17H25N3O3. The van der Waals surface area contributed by atoms with Crippen molar-refractivity contribution in [3.8, 4) is 11.5 Å². The fourth-order valence-electron chi connectivity index (χ4n) is 3.79. The van der Waals surface area contributed by atoms with Gasteiger partial charge in [-0.15, -0.1) is 0 Å². The van der Waals surface area contributed by atoms with Crippen LogP contribution in [0.15, 0.2) is 23.2 Å². The normalized spacial score (nSPS) is 28.7. The van der Waals surface area contributed by atoms with Crippen molar-refractivity contribution in [3.05, 3.63) is 18.2 Å². The molecule has 2 aliphatic rings. The summed E-state index contributed by atoms with van der Waals surface area (Å²) >= 11 is 0. The summed E-state index contributed by atoms with van der Waals surface area (Å²) in [6.45, 7) is 5.20. The zero-order valence-electron chi connectivity index (χ0n) is 14.1. The van der Waals surface area contributed by atoms with Crippen molar-refractivity contribution in [2.75, 3.05) is 26.1 Å². The summed E-state index contributed by atoms with van der Waals surface area (Å²) in [5, 5.41) is 3.13. The Morgan fingerprint density at radius 3 is 2.83 bits per heavy atom. The van der Waals surface area contributed by atoms with Gasteiger partial charge in [-0.2, -0.15) is 0 Å². The van der Waals surface area contributed by atoms with Gasteiger partial charge in [-0.25, -0.2) is 4.99 Å². The lowest BCUT2D eigenvalue weighted by molar-refractivity contribution is -0.0985. The zero-order valence-corrected chi connectivity index (χ0v) is 14.1. The van der Waals surface area contributed by atoms with Gasteiger partial charge in [-0.3, -0.25) is 0 Å². The molecule has 1 heterocycles. The molecule has 1 aliphatic heterocycles. The largest absolute Gasteiger partial charge is 0.497 e. The van der Waals surface area contributed by atoms with Crippen LogP contribution in [0.3, 0.4) is 0 Å². The Bertz CT molecular complexity index is 615. The first-order valence-corrected chi connectivity index (χ1v) is 7.91. The van der Waals surface area contributed by atoms with E-state index in [4.69, 9.17) is 24.9 Å². The molecule has 3 N–H and O–H groups in total. The van der Waals surface area contributed by atoms with E-state index in [0.29, 0.717) is 23.7 Å². The fraction of sp³-hybridized carbons (Fsp3) is 0.588. The summed E-state index contributed by atoms with van der Waals surface area (Å²) in [5.41, 5.74) is 6.90. The second-order valence-electron chi connectivity index (χ2n) is 6.72. The van der Waals surface area contributed by atoms with Crippen molar-refractivity contribution in [1.29, 1.82) is 0 Å². The number of nitrogens with two attached hydrogens (primary N) is 1. The van der Waals surface area contributed by atoms with Crippen LogP contribution in [0.1, 0.15) is 20.3 Å². The lowest BCUT2D eigenvalue weighted by atomic mass is 9.57. The number of methoxy groups -OCH3 is 2. The number of hydrogen-bond acceptors (Lipinski definition) is 4. The van der Waals surface area contributed by atoms with Gasteiger partial charge in [-0.05, 0) is 18.6 Å². The third-order valence-electron chi connectivity index (χ3n) is 4.99. The number of anilines is 1. The van der Waals surface area contributed by atoms with Crippen LogP contribution in [0.25, 0.3) is 0 Å². The SMILES string of the molecule is COc1ccc(OC)c(NC(N)=NC2C3CCOC3C2(C)C)c1. The summed E-state index contributed by atoms with van der Waals surface area (Å²) in [7, 11) is 3.25. The minimum absolute atomic E-state index is 0.0198. The van der Waals surface area contributed by atoms with E-state index in [9.17, 15) is 0 Å². The smallest absolute Gasteiger partial charge is 0.193 e. The molecule has 3 atom stereocenters. The van der Waals surface area contributed by atoms with E-state index in [2.05, 4.69) is 19.2 Å². The highest BCUT2D eigenvalue weighted by Crippen LogP contribution is 2.53. The predicted molar refractivity (Wildman–Crippen MR) is 90.2 cm³/mol. The Kier molecular flexibility index (Phi) is 4.10. The Morgan fingerprint density at radius 1 is 1.35 bits per heavy atom. The van der Waals surface area contributed by atoms with Gasteiger partial charge in [0.2, 0.25) is 0 Å². The molecule has 3 rings (SSSR count). The molecule has 1 saturated heterocycles. The molecule has 6 heteroatoms. The Hall–Kier alpha value is -1.95.